The van der Waals surface area contributed by atoms with Crippen molar-refractivity contribution in [3.63, 3.8) is 0 Å². The highest BCUT2D eigenvalue weighted by atomic mass is 35.5. The lowest BCUT2D eigenvalue weighted by Crippen LogP contribution is -2.34. The van der Waals surface area contributed by atoms with Gasteiger partial charge in [0.1, 0.15) is 11.5 Å². The standard InChI is InChI=1S/C18H25Cl2NO3/c1-6-14(9-12(2)3)21(18(22)17(19)20)11-13-7-8-15(23-4)10-16(13)24-5/h6-8,10,12,17H,9,11H2,1-5H3/b14-6+. The minimum Gasteiger partial charge on any atom is -0.497 e. The summed E-state index contributed by atoms with van der Waals surface area (Å²) in [6, 6.07) is 5.49. The molecule has 6 heteroatoms. The Balaban J connectivity index is 3.20. The van der Waals surface area contributed by atoms with Crippen LogP contribution in [0.25, 0.3) is 0 Å². The molecule has 0 radical (unpaired) electrons. The second-order valence-corrected chi connectivity index (χ2v) is 6.88. The first-order chi connectivity index (χ1) is 11.3. The number of rotatable bonds is 8. The van der Waals surface area contributed by atoms with Crippen molar-refractivity contribution in [3.8, 4) is 11.5 Å². The van der Waals surface area contributed by atoms with Crippen LogP contribution in [0.4, 0.5) is 0 Å². The predicted molar refractivity (Wildman–Crippen MR) is 98.8 cm³/mol. The Labute approximate surface area is 154 Å². The summed E-state index contributed by atoms with van der Waals surface area (Å²) in [7, 11) is 3.18. The van der Waals surface area contributed by atoms with Crippen molar-refractivity contribution in [1.82, 2.24) is 4.90 Å². The minimum atomic E-state index is -1.11. The van der Waals surface area contributed by atoms with Gasteiger partial charge in [0, 0.05) is 17.3 Å². The minimum absolute atomic E-state index is 0.328. The monoisotopic (exact) mass is 373 g/mol. The van der Waals surface area contributed by atoms with Crippen LogP contribution in [0, 0.1) is 5.92 Å². The van der Waals surface area contributed by atoms with Gasteiger partial charge in [-0.1, -0.05) is 43.1 Å². The van der Waals surface area contributed by atoms with Gasteiger partial charge in [-0.3, -0.25) is 4.79 Å². The van der Waals surface area contributed by atoms with Gasteiger partial charge in [0.05, 0.1) is 20.8 Å². The zero-order chi connectivity index (χ0) is 18.3. The Morgan fingerprint density at radius 2 is 1.92 bits per heavy atom. The molecule has 0 saturated carbocycles. The van der Waals surface area contributed by atoms with E-state index in [1.54, 1.807) is 25.2 Å². The van der Waals surface area contributed by atoms with E-state index >= 15 is 0 Å². The van der Waals surface area contributed by atoms with E-state index < -0.39 is 4.84 Å². The Morgan fingerprint density at radius 1 is 1.25 bits per heavy atom. The molecule has 0 spiro atoms. The lowest BCUT2D eigenvalue weighted by atomic mass is 10.1. The molecule has 0 unspecified atom stereocenters. The van der Waals surface area contributed by atoms with Crippen molar-refractivity contribution < 1.29 is 14.3 Å². The molecule has 0 aliphatic heterocycles. The number of methoxy groups -OCH3 is 2. The van der Waals surface area contributed by atoms with Crippen molar-refractivity contribution in [1.29, 1.82) is 0 Å². The number of allylic oxidation sites excluding steroid dienone is 2. The van der Waals surface area contributed by atoms with E-state index in [1.807, 2.05) is 25.1 Å². The summed E-state index contributed by atoms with van der Waals surface area (Å²) < 4.78 is 10.6. The SMILES string of the molecule is C/C=C(\CC(C)C)N(Cc1ccc(OC)cc1OC)C(=O)C(Cl)Cl. The van der Waals surface area contributed by atoms with E-state index in [1.165, 1.54) is 0 Å². The number of amides is 1. The fourth-order valence-corrected chi connectivity index (χ4v) is 2.63. The third kappa shape index (κ3) is 5.60. The van der Waals surface area contributed by atoms with E-state index in [4.69, 9.17) is 32.7 Å². The van der Waals surface area contributed by atoms with Gasteiger partial charge >= 0.3 is 0 Å². The van der Waals surface area contributed by atoms with Gasteiger partial charge in [0.2, 0.25) is 0 Å². The lowest BCUT2D eigenvalue weighted by molar-refractivity contribution is -0.128. The topological polar surface area (TPSA) is 38.8 Å². The summed E-state index contributed by atoms with van der Waals surface area (Å²) in [5, 5.41) is 0. The molecule has 0 atom stereocenters. The summed E-state index contributed by atoms with van der Waals surface area (Å²) in [6.45, 7) is 6.42. The van der Waals surface area contributed by atoms with Crippen LogP contribution in [-0.4, -0.2) is 29.9 Å². The van der Waals surface area contributed by atoms with Crippen LogP contribution >= 0.6 is 23.2 Å². The van der Waals surface area contributed by atoms with E-state index in [2.05, 4.69) is 13.8 Å². The molecule has 0 aliphatic rings. The van der Waals surface area contributed by atoms with Crippen LogP contribution in [-0.2, 0) is 11.3 Å². The number of ether oxygens (including phenoxy) is 2. The number of hydrogen-bond donors (Lipinski definition) is 0. The molecule has 0 N–H and O–H groups in total. The number of nitrogens with zero attached hydrogens (tertiary/aromatic N) is 1. The van der Waals surface area contributed by atoms with E-state index in [-0.39, 0.29) is 5.91 Å². The summed E-state index contributed by atoms with van der Waals surface area (Å²) in [5.74, 6) is 1.39. The second-order valence-electron chi connectivity index (χ2n) is 5.78. The van der Waals surface area contributed by atoms with Gasteiger partial charge in [-0.2, -0.15) is 0 Å². The molecule has 1 amide bonds. The molecule has 1 aromatic rings. The van der Waals surface area contributed by atoms with Gasteiger partial charge in [-0.15, -0.1) is 0 Å². The Morgan fingerprint density at radius 3 is 2.38 bits per heavy atom. The van der Waals surface area contributed by atoms with E-state index in [0.717, 1.165) is 17.7 Å². The average Bonchev–Trinajstić information content (AvgIpc) is 2.56. The van der Waals surface area contributed by atoms with Gasteiger partial charge in [0.15, 0.2) is 4.84 Å². The molecule has 24 heavy (non-hydrogen) atoms. The highest BCUT2D eigenvalue weighted by molar-refractivity contribution is 6.53. The van der Waals surface area contributed by atoms with Crippen molar-refractivity contribution in [2.75, 3.05) is 14.2 Å². The largest absolute Gasteiger partial charge is 0.497 e. The maximum atomic E-state index is 12.5. The van der Waals surface area contributed by atoms with Crippen LogP contribution in [0.5, 0.6) is 11.5 Å². The summed E-state index contributed by atoms with van der Waals surface area (Å²) in [5.41, 5.74) is 1.74. The highest BCUT2D eigenvalue weighted by Gasteiger charge is 2.25. The van der Waals surface area contributed by atoms with Crippen molar-refractivity contribution in [3.05, 3.63) is 35.5 Å². The highest BCUT2D eigenvalue weighted by Crippen LogP contribution is 2.29. The molecule has 0 fully saturated rings. The number of carbonyl (C=O) groups excluding carboxylic acids is 1. The second kappa shape index (κ2) is 9.80. The molecular weight excluding hydrogens is 349 g/mol. The van der Waals surface area contributed by atoms with Gasteiger partial charge in [-0.05, 0) is 31.4 Å². The van der Waals surface area contributed by atoms with Crippen molar-refractivity contribution >= 4 is 29.1 Å². The number of alkyl halides is 2. The average molecular weight is 374 g/mol. The maximum Gasteiger partial charge on any atom is 0.260 e. The Hall–Kier alpha value is -1.39. The third-order valence-corrected chi connectivity index (χ3v) is 3.95. The molecule has 1 rings (SSSR count). The number of halogens is 2. The third-order valence-electron chi connectivity index (χ3n) is 3.57. The smallest absolute Gasteiger partial charge is 0.260 e. The summed E-state index contributed by atoms with van der Waals surface area (Å²) in [4.78, 5) is 13.0. The van der Waals surface area contributed by atoms with E-state index in [0.29, 0.717) is 24.0 Å². The number of carbonyl (C=O) groups is 1. The van der Waals surface area contributed by atoms with Crippen LogP contribution < -0.4 is 9.47 Å². The maximum absolute atomic E-state index is 12.5. The number of benzene rings is 1. The normalized spacial score (nSPS) is 11.8. The van der Waals surface area contributed by atoms with Gasteiger partial charge < -0.3 is 14.4 Å². The summed E-state index contributed by atoms with van der Waals surface area (Å²) >= 11 is 11.7. The van der Waals surface area contributed by atoms with Crippen LogP contribution in [0.2, 0.25) is 0 Å². The fourth-order valence-electron chi connectivity index (χ4n) is 2.39. The quantitative estimate of drug-likeness (QED) is 0.615. The van der Waals surface area contributed by atoms with E-state index in [9.17, 15) is 4.79 Å². The van der Waals surface area contributed by atoms with Gasteiger partial charge in [0.25, 0.3) is 5.91 Å². The van der Waals surface area contributed by atoms with Crippen LogP contribution in [0.15, 0.2) is 30.0 Å². The summed E-state index contributed by atoms with van der Waals surface area (Å²) in [6.07, 6.45) is 2.67. The first-order valence-electron chi connectivity index (χ1n) is 7.79. The number of hydrogen-bond acceptors (Lipinski definition) is 3. The molecule has 0 bridgehead atoms. The van der Waals surface area contributed by atoms with Gasteiger partial charge in [-0.25, -0.2) is 0 Å². The Kier molecular flexibility index (Phi) is 8.43. The first kappa shape index (κ1) is 20.7. The molecule has 4 nitrogen and oxygen atoms in total. The predicted octanol–water partition coefficient (Wildman–Crippen LogP) is 4.79. The van der Waals surface area contributed by atoms with Crippen molar-refractivity contribution in [2.45, 2.75) is 38.6 Å². The molecule has 1 aromatic carbocycles. The fraction of sp³-hybridized carbons (Fsp3) is 0.500. The van der Waals surface area contributed by atoms with Crippen molar-refractivity contribution in [2.24, 2.45) is 5.92 Å². The molecule has 0 aromatic heterocycles. The van der Waals surface area contributed by atoms with Crippen LogP contribution in [0.1, 0.15) is 32.8 Å². The Bertz CT molecular complexity index is 586. The lowest BCUT2D eigenvalue weighted by Gasteiger charge is -2.28. The molecule has 134 valence electrons. The zero-order valence-corrected chi connectivity index (χ0v) is 16.3. The molecular formula is C18H25Cl2NO3. The molecule has 0 aliphatic carbocycles. The molecule has 0 heterocycles. The first-order valence-corrected chi connectivity index (χ1v) is 8.66. The molecule has 0 saturated heterocycles. The zero-order valence-electron chi connectivity index (χ0n) is 14.8. The van der Waals surface area contributed by atoms with Crippen LogP contribution in [0.3, 0.4) is 0 Å².